The molecule has 2 rings (SSSR count). The van der Waals surface area contributed by atoms with E-state index in [0.29, 0.717) is 0 Å². The fourth-order valence-electron chi connectivity index (χ4n) is 2.04. The number of hydrogen-bond acceptors (Lipinski definition) is 1. The molecule has 98 valence electrons. The molecule has 0 aliphatic rings. The number of ketones is 1. The normalized spacial score (nSPS) is 11.3. The van der Waals surface area contributed by atoms with Crippen molar-refractivity contribution in [3.05, 3.63) is 71.3 Å². The summed E-state index contributed by atoms with van der Waals surface area (Å²) >= 11 is 0. The zero-order valence-corrected chi connectivity index (χ0v) is 11.8. The predicted octanol–water partition coefficient (Wildman–Crippen LogP) is 4.51. The summed E-state index contributed by atoms with van der Waals surface area (Å²) in [5.74, 6) is 0.193. The van der Waals surface area contributed by atoms with Gasteiger partial charge in [-0.15, -0.1) is 0 Å². The Bertz CT molecular complexity index is 544. The van der Waals surface area contributed by atoms with Crippen molar-refractivity contribution in [3.63, 3.8) is 0 Å². The van der Waals surface area contributed by atoms with E-state index in [1.165, 1.54) is 11.1 Å². The largest absolute Gasteiger partial charge is 0.294 e. The molecule has 0 aliphatic carbocycles. The van der Waals surface area contributed by atoms with Crippen LogP contribution >= 0.6 is 0 Å². The molecule has 0 spiro atoms. The van der Waals surface area contributed by atoms with Gasteiger partial charge in [0.2, 0.25) is 0 Å². The van der Waals surface area contributed by atoms with Crippen molar-refractivity contribution in [2.75, 3.05) is 0 Å². The maximum absolute atomic E-state index is 12.1. The van der Waals surface area contributed by atoms with E-state index in [9.17, 15) is 4.79 Å². The summed E-state index contributed by atoms with van der Waals surface area (Å²) < 4.78 is 0. The Morgan fingerprint density at radius 2 is 1.37 bits per heavy atom. The summed E-state index contributed by atoms with van der Waals surface area (Å²) in [4.78, 5) is 12.1. The first-order chi connectivity index (χ1) is 8.97. The number of rotatable bonds is 3. The smallest absolute Gasteiger partial charge is 0.168 e. The molecule has 2 aromatic carbocycles. The van der Waals surface area contributed by atoms with E-state index in [2.05, 4.69) is 12.1 Å². The molecule has 0 atom stereocenters. The summed E-state index contributed by atoms with van der Waals surface area (Å²) in [6, 6.07) is 18.3. The SMILES string of the molecule is CC(C)(C)C(=O)c1ccc(Cc2ccccc2)cc1. The van der Waals surface area contributed by atoms with Crippen LogP contribution in [0.15, 0.2) is 54.6 Å². The Balaban J connectivity index is 2.13. The molecule has 0 unspecified atom stereocenters. The van der Waals surface area contributed by atoms with Crippen LogP contribution in [0.25, 0.3) is 0 Å². The van der Waals surface area contributed by atoms with Gasteiger partial charge in [-0.3, -0.25) is 4.79 Å². The lowest BCUT2D eigenvalue weighted by molar-refractivity contribution is 0.0858. The van der Waals surface area contributed by atoms with Gasteiger partial charge in [-0.25, -0.2) is 0 Å². The van der Waals surface area contributed by atoms with Crippen LogP contribution in [0.3, 0.4) is 0 Å². The molecule has 0 aliphatic heterocycles. The van der Waals surface area contributed by atoms with Crippen LogP contribution in [0.2, 0.25) is 0 Å². The first-order valence-electron chi connectivity index (χ1n) is 6.64. The zero-order valence-electron chi connectivity index (χ0n) is 11.8. The molecule has 0 radical (unpaired) electrons. The minimum Gasteiger partial charge on any atom is -0.294 e. The van der Waals surface area contributed by atoms with E-state index >= 15 is 0 Å². The predicted molar refractivity (Wildman–Crippen MR) is 79.5 cm³/mol. The summed E-state index contributed by atoms with van der Waals surface area (Å²) in [6.07, 6.45) is 0.908. The van der Waals surface area contributed by atoms with E-state index in [1.807, 2.05) is 63.2 Å². The van der Waals surface area contributed by atoms with Gasteiger partial charge in [0.25, 0.3) is 0 Å². The maximum atomic E-state index is 12.1. The fraction of sp³-hybridized carbons (Fsp3) is 0.278. The molecular formula is C18H20O. The number of Topliss-reactive ketones (excluding diaryl/α,β-unsaturated/α-hetero) is 1. The topological polar surface area (TPSA) is 17.1 Å². The minimum absolute atomic E-state index is 0.193. The van der Waals surface area contributed by atoms with Crippen LogP contribution in [0, 0.1) is 5.41 Å². The molecule has 0 saturated heterocycles. The van der Waals surface area contributed by atoms with E-state index in [4.69, 9.17) is 0 Å². The van der Waals surface area contributed by atoms with Crippen LogP contribution in [0.5, 0.6) is 0 Å². The Kier molecular flexibility index (Phi) is 3.84. The van der Waals surface area contributed by atoms with Gasteiger partial charge in [0.15, 0.2) is 5.78 Å². The van der Waals surface area contributed by atoms with Gasteiger partial charge in [0.1, 0.15) is 0 Å². The number of hydrogen-bond donors (Lipinski definition) is 0. The van der Waals surface area contributed by atoms with Crippen LogP contribution < -0.4 is 0 Å². The fourth-order valence-corrected chi connectivity index (χ4v) is 2.04. The Morgan fingerprint density at radius 3 is 1.89 bits per heavy atom. The van der Waals surface area contributed by atoms with Gasteiger partial charge in [-0.1, -0.05) is 75.4 Å². The third kappa shape index (κ3) is 3.54. The highest BCUT2D eigenvalue weighted by Crippen LogP contribution is 2.21. The molecule has 0 saturated carbocycles. The van der Waals surface area contributed by atoms with Gasteiger partial charge in [0, 0.05) is 11.0 Å². The van der Waals surface area contributed by atoms with Gasteiger partial charge < -0.3 is 0 Å². The molecular weight excluding hydrogens is 232 g/mol. The highest BCUT2D eigenvalue weighted by Gasteiger charge is 2.22. The van der Waals surface area contributed by atoms with Crippen molar-refractivity contribution in [1.29, 1.82) is 0 Å². The summed E-state index contributed by atoms with van der Waals surface area (Å²) in [5.41, 5.74) is 3.00. The minimum atomic E-state index is -0.319. The van der Waals surface area contributed by atoms with Crippen LogP contribution in [0.1, 0.15) is 42.3 Å². The molecule has 2 aromatic rings. The molecule has 0 bridgehead atoms. The third-order valence-corrected chi connectivity index (χ3v) is 3.15. The molecule has 0 amide bonds. The number of carbonyl (C=O) groups excluding carboxylic acids is 1. The first-order valence-corrected chi connectivity index (χ1v) is 6.64. The van der Waals surface area contributed by atoms with Gasteiger partial charge in [0.05, 0.1) is 0 Å². The molecule has 1 nitrogen and oxygen atoms in total. The quantitative estimate of drug-likeness (QED) is 0.735. The highest BCUT2D eigenvalue weighted by atomic mass is 16.1. The van der Waals surface area contributed by atoms with E-state index < -0.39 is 0 Å². The van der Waals surface area contributed by atoms with Gasteiger partial charge in [-0.2, -0.15) is 0 Å². The highest BCUT2D eigenvalue weighted by molar-refractivity contribution is 5.99. The molecule has 19 heavy (non-hydrogen) atoms. The van der Waals surface area contributed by atoms with Gasteiger partial charge >= 0.3 is 0 Å². The lowest BCUT2D eigenvalue weighted by Crippen LogP contribution is -2.20. The monoisotopic (exact) mass is 252 g/mol. The summed E-state index contributed by atoms with van der Waals surface area (Å²) in [6.45, 7) is 5.85. The van der Waals surface area contributed by atoms with Crippen LogP contribution in [-0.4, -0.2) is 5.78 Å². The lowest BCUT2D eigenvalue weighted by atomic mass is 9.86. The van der Waals surface area contributed by atoms with Crippen molar-refractivity contribution in [2.24, 2.45) is 5.41 Å². The van der Waals surface area contributed by atoms with Crippen molar-refractivity contribution in [1.82, 2.24) is 0 Å². The van der Waals surface area contributed by atoms with Crippen molar-refractivity contribution in [2.45, 2.75) is 27.2 Å². The summed E-state index contributed by atoms with van der Waals surface area (Å²) in [7, 11) is 0. The average Bonchev–Trinajstić information content (AvgIpc) is 2.39. The maximum Gasteiger partial charge on any atom is 0.168 e. The van der Waals surface area contributed by atoms with E-state index in [1.54, 1.807) is 0 Å². The second-order valence-electron chi connectivity index (χ2n) is 5.94. The zero-order chi connectivity index (χ0) is 13.9. The molecule has 0 N–H and O–H groups in total. The second-order valence-corrected chi connectivity index (χ2v) is 5.94. The van der Waals surface area contributed by atoms with Crippen molar-refractivity contribution >= 4 is 5.78 Å². The Hall–Kier alpha value is -1.89. The Labute approximate surface area is 115 Å². The van der Waals surface area contributed by atoms with Crippen molar-refractivity contribution < 1.29 is 4.79 Å². The summed E-state index contributed by atoms with van der Waals surface area (Å²) in [5, 5.41) is 0. The Morgan fingerprint density at radius 1 is 0.842 bits per heavy atom. The van der Waals surface area contributed by atoms with Crippen LogP contribution in [-0.2, 0) is 6.42 Å². The van der Waals surface area contributed by atoms with Gasteiger partial charge in [-0.05, 0) is 17.5 Å². The molecule has 0 fully saturated rings. The van der Waals surface area contributed by atoms with E-state index in [-0.39, 0.29) is 11.2 Å². The van der Waals surface area contributed by atoms with E-state index in [0.717, 1.165) is 12.0 Å². The number of benzene rings is 2. The van der Waals surface area contributed by atoms with Crippen LogP contribution in [0.4, 0.5) is 0 Å². The second kappa shape index (κ2) is 5.40. The lowest BCUT2D eigenvalue weighted by Gasteiger charge is -2.16. The standard InChI is InChI=1S/C18H20O/c1-18(2,3)17(19)16-11-9-15(10-12-16)13-14-7-5-4-6-8-14/h4-12H,13H2,1-3H3. The third-order valence-electron chi connectivity index (χ3n) is 3.15. The molecule has 0 aromatic heterocycles. The average molecular weight is 252 g/mol. The number of carbonyl (C=O) groups is 1. The van der Waals surface area contributed by atoms with Crippen molar-refractivity contribution in [3.8, 4) is 0 Å². The first kappa shape index (κ1) is 13.5. The molecule has 1 heteroatoms. The molecule has 0 heterocycles.